The molecule has 2 aliphatic rings. The normalized spacial score (nSPS) is 21.7. The van der Waals surface area contributed by atoms with Gasteiger partial charge in [-0.1, -0.05) is 0 Å². The number of likely N-dealkylation sites (N-methyl/N-ethyl adjacent to an activating group) is 1. The van der Waals surface area contributed by atoms with E-state index in [9.17, 15) is 9.59 Å². The number of anilines is 1. The molecule has 2 fully saturated rings. The van der Waals surface area contributed by atoms with E-state index < -0.39 is 0 Å². The maximum absolute atomic E-state index is 12.3. The van der Waals surface area contributed by atoms with E-state index in [1.165, 1.54) is 24.9 Å². The molecular weight excluding hydrogens is 306 g/mol. The Morgan fingerprint density at radius 1 is 1.21 bits per heavy atom. The number of carbonyl (C=O) groups is 2. The fourth-order valence-electron chi connectivity index (χ4n) is 3.17. The van der Waals surface area contributed by atoms with Gasteiger partial charge in [0.25, 0.3) is 5.91 Å². The summed E-state index contributed by atoms with van der Waals surface area (Å²) in [6, 6.07) is 7.78. The molecule has 0 radical (unpaired) electrons. The first-order valence-electron chi connectivity index (χ1n) is 8.62. The first-order chi connectivity index (χ1) is 11.6. The van der Waals surface area contributed by atoms with Gasteiger partial charge in [-0.25, -0.2) is 0 Å². The van der Waals surface area contributed by atoms with Crippen molar-refractivity contribution in [3.63, 3.8) is 0 Å². The van der Waals surface area contributed by atoms with E-state index in [4.69, 9.17) is 4.74 Å². The van der Waals surface area contributed by atoms with Crippen molar-refractivity contribution in [3.05, 3.63) is 29.8 Å². The molecule has 24 heavy (non-hydrogen) atoms. The lowest BCUT2D eigenvalue weighted by Crippen LogP contribution is -2.48. The van der Waals surface area contributed by atoms with Gasteiger partial charge in [-0.15, -0.1) is 0 Å². The van der Waals surface area contributed by atoms with Crippen LogP contribution < -0.4 is 10.2 Å². The molecule has 2 aliphatic heterocycles. The van der Waals surface area contributed by atoms with Crippen molar-refractivity contribution < 1.29 is 14.3 Å². The highest BCUT2D eigenvalue weighted by Crippen LogP contribution is 2.20. The van der Waals surface area contributed by atoms with E-state index >= 15 is 0 Å². The lowest BCUT2D eigenvalue weighted by molar-refractivity contribution is -0.146. The molecule has 2 heterocycles. The second-order valence-electron chi connectivity index (χ2n) is 6.51. The average Bonchev–Trinajstić information content (AvgIpc) is 2.63. The molecule has 6 nitrogen and oxygen atoms in total. The van der Waals surface area contributed by atoms with Crippen LogP contribution in [0, 0.1) is 0 Å². The van der Waals surface area contributed by atoms with E-state index in [1.54, 1.807) is 11.9 Å². The van der Waals surface area contributed by atoms with Gasteiger partial charge in [-0.2, -0.15) is 0 Å². The van der Waals surface area contributed by atoms with Crippen LogP contribution in [0.25, 0.3) is 0 Å². The number of morpholine rings is 1. The molecule has 0 bridgehead atoms. The first-order valence-corrected chi connectivity index (χ1v) is 8.62. The Morgan fingerprint density at radius 2 is 1.92 bits per heavy atom. The zero-order valence-corrected chi connectivity index (χ0v) is 14.2. The fourth-order valence-corrected chi connectivity index (χ4v) is 3.17. The van der Waals surface area contributed by atoms with Crippen LogP contribution in [0.1, 0.15) is 29.6 Å². The molecule has 3 rings (SSSR count). The van der Waals surface area contributed by atoms with Crippen molar-refractivity contribution >= 4 is 17.5 Å². The number of hydrogen-bond donors (Lipinski definition) is 1. The number of nitrogens with zero attached hydrogens (tertiary/aromatic N) is 2. The van der Waals surface area contributed by atoms with Crippen LogP contribution in [0.2, 0.25) is 0 Å². The van der Waals surface area contributed by atoms with Crippen molar-refractivity contribution in [1.82, 2.24) is 10.2 Å². The van der Waals surface area contributed by atoms with Crippen LogP contribution in [0.3, 0.4) is 0 Å². The molecule has 0 saturated carbocycles. The maximum atomic E-state index is 12.3. The Bertz CT molecular complexity index is 582. The molecule has 1 unspecified atom stereocenters. The molecule has 0 aromatic heterocycles. The second-order valence-corrected chi connectivity index (χ2v) is 6.51. The number of nitrogens with one attached hydrogen (secondary N) is 1. The van der Waals surface area contributed by atoms with Crippen LogP contribution in [0.4, 0.5) is 5.69 Å². The minimum atomic E-state index is -0.149. The maximum Gasteiger partial charge on any atom is 0.251 e. The number of amides is 2. The summed E-state index contributed by atoms with van der Waals surface area (Å²) in [4.78, 5) is 27.6. The Hall–Kier alpha value is -2.08. The molecule has 130 valence electrons. The fraction of sp³-hybridized carbons (Fsp3) is 0.556. The van der Waals surface area contributed by atoms with Gasteiger partial charge in [0.05, 0.1) is 6.10 Å². The molecule has 6 heteroatoms. The predicted molar refractivity (Wildman–Crippen MR) is 92.2 cm³/mol. The lowest BCUT2D eigenvalue weighted by Gasteiger charge is -2.30. The second kappa shape index (κ2) is 7.66. The summed E-state index contributed by atoms with van der Waals surface area (Å²) in [6.45, 7) is 3.19. The molecule has 1 atom stereocenters. The van der Waals surface area contributed by atoms with E-state index in [0.717, 1.165) is 13.1 Å². The van der Waals surface area contributed by atoms with Gasteiger partial charge >= 0.3 is 0 Å². The van der Waals surface area contributed by atoms with Gasteiger partial charge in [-0.05, 0) is 43.5 Å². The number of ether oxygens (including phenoxy) is 1. The van der Waals surface area contributed by atoms with Crippen LogP contribution in [-0.2, 0) is 9.53 Å². The molecule has 0 aliphatic carbocycles. The number of piperidine rings is 1. The molecule has 1 aromatic carbocycles. The monoisotopic (exact) mass is 331 g/mol. The van der Waals surface area contributed by atoms with Crippen molar-refractivity contribution in [1.29, 1.82) is 0 Å². The summed E-state index contributed by atoms with van der Waals surface area (Å²) >= 11 is 0. The Morgan fingerprint density at radius 3 is 2.58 bits per heavy atom. The van der Waals surface area contributed by atoms with Crippen molar-refractivity contribution in [2.45, 2.75) is 25.4 Å². The third kappa shape index (κ3) is 4.06. The zero-order chi connectivity index (χ0) is 16.9. The quantitative estimate of drug-likeness (QED) is 0.902. The summed E-state index contributed by atoms with van der Waals surface area (Å²) in [5.74, 6) is -0.130. The summed E-state index contributed by atoms with van der Waals surface area (Å²) in [6.07, 6.45) is 3.63. The number of carbonyl (C=O) groups excluding carboxylic acids is 2. The van der Waals surface area contributed by atoms with Gasteiger partial charge in [0.15, 0.2) is 0 Å². The van der Waals surface area contributed by atoms with Crippen molar-refractivity contribution in [2.24, 2.45) is 0 Å². The Kier molecular flexibility index (Phi) is 5.35. The van der Waals surface area contributed by atoms with Crippen molar-refractivity contribution in [2.75, 3.05) is 44.7 Å². The van der Waals surface area contributed by atoms with E-state index in [-0.39, 0.29) is 24.5 Å². The molecule has 1 N–H and O–H groups in total. The standard InChI is InChI=1S/C18H25N3O3/c1-20-12-16(24-13-17(20)22)11-19-18(23)14-5-7-15(8-6-14)21-9-3-2-4-10-21/h5-8,16H,2-4,9-13H2,1H3,(H,19,23). The third-order valence-electron chi connectivity index (χ3n) is 4.69. The highest BCUT2D eigenvalue weighted by Gasteiger charge is 2.23. The van der Waals surface area contributed by atoms with E-state index in [2.05, 4.69) is 10.2 Å². The van der Waals surface area contributed by atoms with Crippen LogP contribution in [0.15, 0.2) is 24.3 Å². The summed E-state index contributed by atoms with van der Waals surface area (Å²) in [7, 11) is 1.75. The van der Waals surface area contributed by atoms with Gasteiger partial charge in [-0.3, -0.25) is 9.59 Å². The topological polar surface area (TPSA) is 61.9 Å². The molecule has 0 spiro atoms. The number of benzene rings is 1. The lowest BCUT2D eigenvalue weighted by atomic mass is 10.1. The third-order valence-corrected chi connectivity index (χ3v) is 4.69. The van der Waals surface area contributed by atoms with Gasteiger partial charge in [0.2, 0.25) is 5.91 Å². The summed E-state index contributed by atoms with van der Waals surface area (Å²) in [5, 5.41) is 2.89. The molecular formula is C18H25N3O3. The van der Waals surface area contributed by atoms with E-state index in [1.807, 2.05) is 24.3 Å². The van der Waals surface area contributed by atoms with Gasteiger partial charge in [0, 0.05) is 44.5 Å². The smallest absolute Gasteiger partial charge is 0.251 e. The average molecular weight is 331 g/mol. The Balaban J connectivity index is 1.50. The minimum absolute atomic E-state index is 0.0223. The predicted octanol–water partition coefficient (Wildman–Crippen LogP) is 1.26. The molecule has 2 saturated heterocycles. The van der Waals surface area contributed by atoms with Crippen LogP contribution >= 0.6 is 0 Å². The van der Waals surface area contributed by atoms with Crippen LogP contribution in [0.5, 0.6) is 0 Å². The highest BCUT2D eigenvalue weighted by atomic mass is 16.5. The van der Waals surface area contributed by atoms with Gasteiger partial charge < -0.3 is 19.9 Å². The molecule has 1 aromatic rings. The largest absolute Gasteiger partial charge is 0.372 e. The number of hydrogen-bond acceptors (Lipinski definition) is 4. The summed E-state index contributed by atoms with van der Waals surface area (Å²) in [5.41, 5.74) is 1.83. The van der Waals surface area contributed by atoms with Crippen molar-refractivity contribution in [3.8, 4) is 0 Å². The SMILES string of the molecule is CN1CC(CNC(=O)c2ccc(N3CCCCC3)cc2)OCC1=O. The molecule has 2 amide bonds. The van der Waals surface area contributed by atoms with E-state index in [0.29, 0.717) is 18.7 Å². The zero-order valence-electron chi connectivity index (χ0n) is 14.2. The first kappa shape index (κ1) is 16.8. The summed E-state index contributed by atoms with van der Waals surface area (Å²) < 4.78 is 5.43. The Labute approximate surface area is 142 Å². The highest BCUT2D eigenvalue weighted by molar-refractivity contribution is 5.94. The van der Waals surface area contributed by atoms with Crippen LogP contribution in [-0.4, -0.2) is 62.7 Å². The van der Waals surface area contributed by atoms with Gasteiger partial charge in [0.1, 0.15) is 6.61 Å². The minimum Gasteiger partial charge on any atom is -0.372 e. The number of rotatable bonds is 4.